The number of hydrogen-bond donors (Lipinski definition) is 3. The van der Waals surface area contributed by atoms with Gasteiger partial charge < -0.3 is 21.9 Å². The maximum Gasteiger partial charge on any atom is 0.244 e. The van der Waals surface area contributed by atoms with E-state index in [4.69, 9.17) is 21.9 Å². The zero-order valence-corrected chi connectivity index (χ0v) is 11.2. The number of hydrogen-bond acceptors (Lipinski definition) is 7. The van der Waals surface area contributed by atoms with Crippen molar-refractivity contribution < 1.29 is 4.74 Å². The molecule has 7 nitrogen and oxygen atoms in total. The fraction of sp³-hybridized carbons (Fsp3) is 0.0714. The first kappa shape index (κ1) is 12.9. The van der Waals surface area contributed by atoms with Crippen LogP contribution in [0.1, 0.15) is 5.56 Å². The fourth-order valence-corrected chi connectivity index (χ4v) is 2.02. The number of pyridine rings is 1. The van der Waals surface area contributed by atoms with Crippen LogP contribution < -0.4 is 21.9 Å². The van der Waals surface area contributed by atoms with Gasteiger partial charge in [0.1, 0.15) is 12.3 Å². The van der Waals surface area contributed by atoms with E-state index in [0.717, 1.165) is 16.5 Å². The van der Waals surface area contributed by atoms with Gasteiger partial charge in [-0.15, -0.1) is 0 Å². The van der Waals surface area contributed by atoms with E-state index in [2.05, 4.69) is 15.0 Å². The molecule has 106 valence electrons. The average Bonchev–Trinajstić information content (AvgIpc) is 2.49. The molecular formula is C14H14N6O. The van der Waals surface area contributed by atoms with Crippen molar-refractivity contribution in [1.82, 2.24) is 15.0 Å². The van der Waals surface area contributed by atoms with Gasteiger partial charge in [0, 0.05) is 17.1 Å². The molecule has 3 aromatic rings. The lowest BCUT2D eigenvalue weighted by Crippen LogP contribution is -2.08. The molecule has 6 N–H and O–H groups in total. The largest absolute Gasteiger partial charge is 0.471 e. The van der Waals surface area contributed by atoms with Crippen LogP contribution in [0.3, 0.4) is 0 Å². The van der Waals surface area contributed by atoms with Crippen LogP contribution in [0.2, 0.25) is 0 Å². The maximum absolute atomic E-state index is 5.78. The standard InChI is InChI=1S/C14H14N6O/c15-10-12(16)19-14(17)20-13(10)21-7-9-4-1-3-8-5-2-6-18-11(8)9/h1-6H,7,15H2,(H4,16,17,19,20). The van der Waals surface area contributed by atoms with Crippen LogP contribution >= 0.6 is 0 Å². The molecule has 0 unspecified atom stereocenters. The number of aromatic nitrogens is 3. The second-order valence-corrected chi connectivity index (χ2v) is 4.47. The van der Waals surface area contributed by atoms with Gasteiger partial charge in [-0.2, -0.15) is 9.97 Å². The van der Waals surface area contributed by atoms with E-state index in [9.17, 15) is 0 Å². The molecule has 0 spiro atoms. The molecule has 3 rings (SSSR count). The van der Waals surface area contributed by atoms with Crippen LogP contribution in [0, 0.1) is 0 Å². The Labute approximate surface area is 120 Å². The van der Waals surface area contributed by atoms with Crippen molar-refractivity contribution in [3.63, 3.8) is 0 Å². The first-order chi connectivity index (χ1) is 10.1. The monoisotopic (exact) mass is 282 g/mol. The molecule has 2 heterocycles. The zero-order chi connectivity index (χ0) is 14.8. The van der Waals surface area contributed by atoms with Crippen LogP contribution in [0.25, 0.3) is 10.9 Å². The summed E-state index contributed by atoms with van der Waals surface area (Å²) in [6.45, 7) is 0.258. The Kier molecular flexibility index (Phi) is 3.15. The average molecular weight is 282 g/mol. The first-order valence-corrected chi connectivity index (χ1v) is 6.29. The molecular weight excluding hydrogens is 268 g/mol. The van der Waals surface area contributed by atoms with Crippen molar-refractivity contribution in [1.29, 1.82) is 0 Å². The van der Waals surface area contributed by atoms with Gasteiger partial charge in [0.25, 0.3) is 0 Å². The number of nitrogens with two attached hydrogens (primary N) is 3. The minimum Gasteiger partial charge on any atom is -0.471 e. The number of benzene rings is 1. The summed E-state index contributed by atoms with van der Waals surface area (Å²) in [6.07, 6.45) is 1.74. The van der Waals surface area contributed by atoms with Gasteiger partial charge in [-0.25, -0.2) is 0 Å². The molecule has 0 saturated carbocycles. The van der Waals surface area contributed by atoms with Crippen LogP contribution in [0.15, 0.2) is 36.5 Å². The van der Waals surface area contributed by atoms with Crippen LogP contribution in [0.5, 0.6) is 5.88 Å². The Morgan fingerprint density at radius 1 is 1.00 bits per heavy atom. The van der Waals surface area contributed by atoms with E-state index in [0.29, 0.717) is 0 Å². The molecule has 0 amide bonds. The molecule has 0 aliphatic heterocycles. The second kappa shape index (κ2) is 5.12. The van der Waals surface area contributed by atoms with Gasteiger partial charge in [-0.3, -0.25) is 4.98 Å². The van der Waals surface area contributed by atoms with Crippen LogP contribution in [-0.4, -0.2) is 15.0 Å². The zero-order valence-electron chi connectivity index (χ0n) is 11.2. The van der Waals surface area contributed by atoms with E-state index < -0.39 is 0 Å². The van der Waals surface area contributed by atoms with E-state index in [1.54, 1.807) is 6.20 Å². The second-order valence-electron chi connectivity index (χ2n) is 4.47. The SMILES string of the molecule is Nc1nc(N)c(N)c(OCc2cccc3cccnc23)n1. The smallest absolute Gasteiger partial charge is 0.244 e. The molecule has 0 radical (unpaired) electrons. The summed E-state index contributed by atoms with van der Waals surface area (Å²) >= 11 is 0. The quantitative estimate of drug-likeness (QED) is 0.661. The van der Waals surface area contributed by atoms with Gasteiger partial charge in [0.2, 0.25) is 11.8 Å². The van der Waals surface area contributed by atoms with Crippen molar-refractivity contribution in [2.45, 2.75) is 6.61 Å². The minimum absolute atomic E-state index is 0.0211. The predicted octanol–water partition coefficient (Wildman–Crippen LogP) is 1.35. The van der Waals surface area contributed by atoms with Gasteiger partial charge >= 0.3 is 0 Å². The van der Waals surface area contributed by atoms with Gasteiger partial charge in [0.15, 0.2) is 5.82 Å². The molecule has 0 aliphatic carbocycles. The molecule has 0 atom stereocenters. The molecule has 2 aromatic heterocycles. The van der Waals surface area contributed by atoms with Crippen molar-refractivity contribution in [2.24, 2.45) is 0 Å². The molecule has 1 aromatic carbocycles. The summed E-state index contributed by atoms with van der Waals surface area (Å²) in [5.41, 5.74) is 18.9. The van der Waals surface area contributed by atoms with E-state index in [1.807, 2.05) is 30.3 Å². The lowest BCUT2D eigenvalue weighted by molar-refractivity contribution is 0.297. The van der Waals surface area contributed by atoms with Crippen molar-refractivity contribution in [2.75, 3.05) is 17.2 Å². The molecule has 0 saturated heterocycles. The van der Waals surface area contributed by atoms with Crippen LogP contribution in [0.4, 0.5) is 17.5 Å². The summed E-state index contributed by atoms with van der Waals surface area (Å²) in [6, 6.07) is 9.73. The Balaban J connectivity index is 1.91. The summed E-state index contributed by atoms with van der Waals surface area (Å²) < 4.78 is 5.62. The Morgan fingerprint density at radius 2 is 1.81 bits per heavy atom. The first-order valence-electron chi connectivity index (χ1n) is 6.29. The molecule has 7 heteroatoms. The third-order valence-corrected chi connectivity index (χ3v) is 3.04. The number of nitrogen functional groups attached to an aromatic ring is 3. The normalized spacial score (nSPS) is 10.7. The minimum atomic E-state index is 0.0211. The highest BCUT2D eigenvalue weighted by Crippen LogP contribution is 2.26. The number of anilines is 3. The number of fused-ring (bicyclic) bond motifs is 1. The maximum atomic E-state index is 5.78. The number of rotatable bonds is 3. The van der Waals surface area contributed by atoms with Gasteiger partial charge in [-0.1, -0.05) is 24.3 Å². The van der Waals surface area contributed by atoms with Gasteiger partial charge in [-0.05, 0) is 6.07 Å². The molecule has 0 fully saturated rings. The number of para-hydroxylation sites is 1. The number of nitrogens with zero attached hydrogens (tertiary/aromatic N) is 3. The topological polar surface area (TPSA) is 126 Å². The highest BCUT2D eigenvalue weighted by Gasteiger charge is 2.10. The summed E-state index contributed by atoms with van der Waals surface area (Å²) in [5.74, 6) is 0.300. The van der Waals surface area contributed by atoms with E-state index in [-0.39, 0.29) is 29.9 Å². The molecule has 21 heavy (non-hydrogen) atoms. The van der Waals surface area contributed by atoms with E-state index in [1.165, 1.54) is 0 Å². The third kappa shape index (κ3) is 2.48. The van der Waals surface area contributed by atoms with Crippen molar-refractivity contribution in [3.05, 3.63) is 42.1 Å². The van der Waals surface area contributed by atoms with E-state index >= 15 is 0 Å². The molecule has 0 bridgehead atoms. The fourth-order valence-electron chi connectivity index (χ4n) is 2.02. The Morgan fingerprint density at radius 3 is 2.67 bits per heavy atom. The van der Waals surface area contributed by atoms with Crippen LogP contribution in [-0.2, 0) is 6.61 Å². The predicted molar refractivity (Wildman–Crippen MR) is 81.3 cm³/mol. The highest BCUT2D eigenvalue weighted by molar-refractivity contribution is 5.81. The van der Waals surface area contributed by atoms with Gasteiger partial charge in [0.05, 0.1) is 5.52 Å². The Bertz CT molecular complexity index is 799. The molecule has 0 aliphatic rings. The van der Waals surface area contributed by atoms with Crippen molar-refractivity contribution in [3.8, 4) is 5.88 Å². The third-order valence-electron chi connectivity index (χ3n) is 3.04. The van der Waals surface area contributed by atoms with Crippen molar-refractivity contribution >= 4 is 28.4 Å². The highest BCUT2D eigenvalue weighted by atomic mass is 16.5. The lowest BCUT2D eigenvalue weighted by atomic mass is 10.1. The summed E-state index contributed by atoms with van der Waals surface area (Å²) in [7, 11) is 0. The summed E-state index contributed by atoms with van der Waals surface area (Å²) in [4.78, 5) is 12.1. The number of ether oxygens (including phenoxy) is 1. The lowest BCUT2D eigenvalue weighted by Gasteiger charge is -2.10. The Hall–Kier alpha value is -3.09. The summed E-state index contributed by atoms with van der Waals surface area (Å²) in [5, 5.41) is 1.04.